The molecule has 0 atom stereocenters. The molecule has 1 rings (SSSR count). The van der Waals surface area contributed by atoms with Crippen molar-refractivity contribution < 1.29 is 27.4 Å². The van der Waals surface area contributed by atoms with Crippen LogP contribution in [0.4, 0.5) is 17.6 Å². The van der Waals surface area contributed by atoms with Gasteiger partial charge in [-0.2, -0.15) is 0 Å². The molecule has 0 radical (unpaired) electrons. The minimum absolute atomic E-state index is 0.574. The molecular weight excluding hydrogens is 272 g/mol. The summed E-state index contributed by atoms with van der Waals surface area (Å²) in [7, 11) is 0. The number of benzene rings is 1. The zero-order valence-electron chi connectivity index (χ0n) is 6.40. The van der Waals surface area contributed by atoms with Crippen molar-refractivity contribution in [2.24, 2.45) is 0 Å². The average Bonchev–Trinajstić information content (AvgIpc) is 2.04. The first-order chi connectivity index (χ1) is 6.31. The zero-order valence-corrected chi connectivity index (χ0v) is 7.99. The Morgan fingerprint density at radius 2 is 1.86 bits per heavy atom. The first-order valence-electron chi connectivity index (χ1n) is 3.24. The highest BCUT2D eigenvalue weighted by atomic mass is 79.9. The molecule has 1 aromatic rings. The monoisotopic (exact) mass is 274 g/mol. The first kappa shape index (κ1) is 11.1. The quantitative estimate of drug-likeness (QED) is 0.797. The van der Waals surface area contributed by atoms with Crippen LogP contribution in [0.2, 0.25) is 0 Å². The van der Waals surface area contributed by atoms with Gasteiger partial charge in [0.2, 0.25) is 0 Å². The van der Waals surface area contributed by atoms with E-state index in [1.54, 1.807) is 0 Å². The summed E-state index contributed by atoms with van der Waals surface area (Å²) < 4.78 is 50.9. The Labute approximate surface area is 84.2 Å². The molecule has 0 heterocycles. The number of hydrogen-bond acceptors (Lipinski definition) is 2. The molecule has 78 valence electrons. The smallest absolute Gasteiger partial charge is 0.505 e. The SMILES string of the molecule is Oc1ccc(OC(F)(F)F)c(Br)c1F. The molecule has 1 aromatic carbocycles. The Morgan fingerprint density at radius 3 is 2.36 bits per heavy atom. The summed E-state index contributed by atoms with van der Waals surface area (Å²) in [6.45, 7) is 0. The van der Waals surface area contributed by atoms with Gasteiger partial charge in [-0.3, -0.25) is 0 Å². The van der Waals surface area contributed by atoms with Crippen molar-refractivity contribution in [2.75, 3.05) is 0 Å². The number of phenolic OH excluding ortho intramolecular Hbond substituents is 1. The Hall–Kier alpha value is -0.980. The van der Waals surface area contributed by atoms with E-state index in [0.717, 1.165) is 12.1 Å². The number of hydrogen-bond donors (Lipinski definition) is 1. The molecule has 0 saturated carbocycles. The highest BCUT2D eigenvalue weighted by Crippen LogP contribution is 2.35. The molecule has 0 spiro atoms. The van der Waals surface area contributed by atoms with E-state index in [-0.39, 0.29) is 0 Å². The predicted molar refractivity (Wildman–Crippen MR) is 42.4 cm³/mol. The summed E-state index contributed by atoms with van der Waals surface area (Å²) in [5, 5.41) is 8.78. The van der Waals surface area contributed by atoms with Crippen LogP contribution in [-0.4, -0.2) is 11.5 Å². The van der Waals surface area contributed by atoms with Crippen molar-refractivity contribution in [2.45, 2.75) is 6.36 Å². The number of ether oxygens (including phenoxy) is 1. The normalized spacial score (nSPS) is 11.5. The molecule has 2 nitrogen and oxygen atoms in total. The van der Waals surface area contributed by atoms with Gasteiger partial charge in [0.05, 0.1) is 4.47 Å². The molecule has 0 unspecified atom stereocenters. The van der Waals surface area contributed by atoms with E-state index in [1.807, 2.05) is 0 Å². The van der Waals surface area contributed by atoms with Crippen LogP contribution in [0.3, 0.4) is 0 Å². The molecule has 0 fully saturated rings. The maximum absolute atomic E-state index is 12.8. The molecule has 7 heteroatoms. The second-order valence-electron chi connectivity index (χ2n) is 2.26. The molecule has 14 heavy (non-hydrogen) atoms. The summed E-state index contributed by atoms with van der Waals surface area (Å²) in [5.74, 6) is -2.70. The van der Waals surface area contributed by atoms with E-state index in [9.17, 15) is 17.6 Å². The lowest BCUT2D eigenvalue weighted by Gasteiger charge is -2.10. The van der Waals surface area contributed by atoms with Gasteiger partial charge in [-0.1, -0.05) is 0 Å². The third kappa shape index (κ3) is 2.50. The van der Waals surface area contributed by atoms with Crippen molar-refractivity contribution in [3.8, 4) is 11.5 Å². The minimum Gasteiger partial charge on any atom is -0.505 e. The Bertz CT molecular complexity index is 350. The summed E-state index contributed by atoms with van der Waals surface area (Å²) in [6.07, 6.45) is -4.90. The second-order valence-corrected chi connectivity index (χ2v) is 3.05. The maximum atomic E-state index is 12.8. The molecule has 0 amide bonds. The van der Waals surface area contributed by atoms with Gasteiger partial charge < -0.3 is 9.84 Å². The summed E-state index contributed by atoms with van der Waals surface area (Å²) in [4.78, 5) is 0. The topological polar surface area (TPSA) is 29.5 Å². The van der Waals surface area contributed by atoms with E-state index < -0.39 is 28.2 Å². The lowest BCUT2D eigenvalue weighted by Crippen LogP contribution is -2.17. The van der Waals surface area contributed by atoms with Gasteiger partial charge >= 0.3 is 6.36 Å². The zero-order chi connectivity index (χ0) is 10.9. The van der Waals surface area contributed by atoms with Crippen molar-refractivity contribution in [1.29, 1.82) is 0 Å². The van der Waals surface area contributed by atoms with E-state index >= 15 is 0 Å². The fourth-order valence-corrected chi connectivity index (χ4v) is 1.14. The fraction of sp³-hybridized carbons (Fsp3) is 0.143. The molecular formula is C7H3BrF4O2. The van der Waals surface area contributed by atoms with E-state index in [1.165, 1.54) is 0 Å². The van der Waals surface area contributed by atoms with Crippen LogP contribution in [0.25, 0.3) is 0 Å². The van der Waals surface area contributed by atoms with Gasteiger partial charge in [0.1, 0.15) is 5.75 Å². The van der Waals surface area contributed by atoms with Crippen molar-refractivity contribution in [3.05, 3.63) is 22.4 Å². The molecule has 0 aliphatic carbocycles. The molecule has 0 aliphatic heterocycles. The molecule has 0 bridgehead atoms. The first-order valence-corrected chi connectivity index (χ1v) is 4.03. The van der Waals surface area contributed by atoms with Crippen LogP contribution >= 0.6 is 15.9 Å². The standard InChI is InChI=1S/C7H3BrF4O2/c8-5-4(14-7(10,11)12)2-1-3(13)6(5)9/h1-2,13H. The number of rotatable bonds is 1. The van der Waals surface area contributed by atoms with Crippen molar-refractivity contribution in [1.82, 2.24) is 0 Å². The van der Waals surface area contributed by atoms with Gasteiger partial charge in [0.15, 0.2) is 11.6 Å². The van der Waals surface area contributed by atoms with Gasteiger partial charge in [-0.25, -0.2) is 4.39 Å². The number of alkyl halides is 3. The Kier molecular flexibility index (Phi) is 2.89. The van der Waals surface area contributed by atoms with Crippen LogP contribution in [0.5, 0.6) is 11.5 Å². The van der Waals surface area contributed by atoms with E-state index in [0.29, 0.717) is 0 Å². The molecule has 1 N–H and O–H groups in total. The maximum Gasteiger partial charge on any atom is 0.573 e. The van der Waals surface area contributed by atoms with Gasteiger partial charge in [0, 0.05) is 0 Å². The summed E-state index contributed by atoms with van der Waals surface area (Å²) >= 11 is 2.52. The molecule has 0 saturated heterocycles. The number of phenols is 1. The van der Waals surface area contributed by atoms with Crippen molar-refractivity contribution in [3.63, 3.8) is 0 Å². The predicted octanol–water partition coefficient (Wildman–Crippen LogP) is 3.19. The van der Waals surface area contributed by atoms with Gasteiger partial charge in [-0.15, -0.1) is 13.2 Å². The van der Waals surface area contributed by atoms with Crippen LogP contribution in [0, 0.1) is 5.82 Å². The van der Waals surface area contributed by atoms with Crippen LogP contribution in [0.15, 0.2) is 16.6 Å². The fourth-order valence-electron chi connectivity index (χ4n) is 0.725. The molecule has 0 aromatic heterocycles. The van der Waals surface area contributed by atoms with Crippen LogP contribution in [0.1, 0.15) is 0 Å². The number of aromatic hydroxyl groups is 1. The van der Waals surface area contributed by atoms with E-state index in [2.05, 4.69) is 20.7 Å². The Balaban J connectivity index is 3.06. The lowest BCUT2D eigenvalue weighted by atomic mass is 10.3. The molecule has 0 aliphatic rings. The van der Waals surface area contributed by atoms with Crippen LogP contribution in [-0.2, 0) is 0 Å². The average molecular weight is 275 g/mol. The van der Waals surface area contributed by atoms with Crippen LogP contribution < -0.4 is 4.74 Å². The third-order valence-corrected chi connectivity index (χ3v) is 1.99. The highest BCUT2D eigenvalue weighted by molar-refractivity contribution is 9.10. The highest BCUT2D eigenvalue weighted by Gasteiger charge is 2.32. The minimum atomic E-state index is -4.90. The number of halogens is 5. The Morgan fingerprint density at radius 1 is 1.29 bits per heavy atom. The third-order valence-electron chi connectivity index (χ3n) is 1.25. The summed E-state index contributed by atoms with van der Waals surface area (Å²) in [6, 6.07) is 1.57. The largest absolute Gasteiger partial charge is 0.573 e. The van der Waals surface area contributed by atoms with Gasteiger partial charge in [0.25, 0.3) is 0 Å². The summed E-state index contributed by atoms with van der Waals surface area (Å²) in [5.41, 5.74) is 0. The van der Waals surface area contributed by atoms with Crippen molar-refractivity contribution >= 4 is 15.9 Å². The van der Waals surface area contributed by atoms with Gasteiger partial charge in [-0.05, 0) is 28.1 Å². The lowest BCUT2D eigenvalue weighted by molar-refractivity contribution is -0.275. The second kappa shape index (κ2) is 3.64. The van der Waals surface area contributed by atoms with E-state index in [4.69, 9.17) is 5.11 Å².